The lowest BCUT2D eigenvalue weighted by molar-refractivity contribution is -0.671. The summed E-state index contributed by atoms with van der Waals surface area (Å²) in [6.45, 7) is 0.959. The molecule has 9 heteroatoms. The van der Waals surface area contributed by atoms with Crippen molar-refractivity contribution in [1.29, 1.82) is 0 Å². The van der Waals surface area contributed by atoms with Crippen LogP contribution in [0.15, 0.2) is 58.4 Å². The highest BCUT2D eigenvalue weighted by atomic mass is 79.9. The number of aromatic nitrogens is 4. The summed E-state index contributed by atoms with van der Waals surface area (Å²) < 4.78 is 6.44. The first-order valence-corrected chi connectivity index (χ1v) is 12.2. The Hall–Kier alpha value is -2.26. The molecular weight excluding hydrogens is 514 g/mol. The van der Waals surface area contributed by atoms with Crippen LogP contribution in [0.2, 0.25) is 0 Å². The quantitative estimate of drug-likeness (QED) is 0.357. The summed E-state index contributed by atoms with van der Waals surface area (Å²) in [7, 11) is 0. The Balaban J connectivity index is 0.00000204. The molecule has 0 radical (unpaired) electrons. The van der Waals surface area contributed by atoms with Crippen molar-refractivity contribution in [3.63, 3.8) is 0 Å². The minimum atomic E-state index is 0. The van der Waals surface area contributed by atoms with Crippen LogP contribution in [0.3, 0.4) is 0 Å². The molecule has 0 aliphatic carbocycles. The van der Waals surface area contributed by atoms with E-state index in [-0.39, 0.29) is 12.4 Å². The highest BCUT2D eigenvalue weighted by Crippen LogP contribution is 2.38. The van der Waals surface area contributed by atoms with Crippen molar-refractivity contribution >= 4 is 54.6 Å². The molecule has 0 bridgehead atoms. The molecule has 156 valence electrons. The van der Waals surface area contributed by atoms with Crippen LogP contribution in [0, 0.1) is 0 Å². The second kappa shape index (κ2) is 8.02. The second-order valence-electron chi connectivity index (χ2n) is 7.27. The number of rotatable bonds is 2. The number of hydrogen-bond donors (Lipinski definition) is 1. The summed E-state index contributed by atoms with van der Waals surface area (Å²) in [4.78, 5) is 4.76. The molecule has 3 aromatic heterocycles. The van der Waals surface area contributed by atoms with Crippen LogP contribution in [0.5, 0.6) is 0 Å². The molecular formula is C22H17BrClN5S2. The van der Waals surface area contributed by atoms with Gasteiger partial charge in [-0.3, -0.25) is 0 Å². The summed E-state index contributed by atoms with van der Waals surface area (Å²) >= 11 is 6.88. The van der Waals surface area contributed by atoms with Gasteiger partial charge in [-0.05, 0) is 42.8 Å². The third-order valence-electron chi connectivity index (χ3n) is 5.42. The predicted octanol–water partition coefficient (Wildman–Crippen LogP) is 2.46. The van der Waals surface area contributed by atoms with Crippen molar-refractivity contribution in [2.45, 2.75) is 19.4 Å². The van der Waals surface area contributed by atoms with E-state index in [9.17, 15) is 0 Å². The van der Waals surface area contributed by atoms with E-state index in [0.29, 0.717) is 5.82 Å². The zero-order valence-electron chi connectivity index (χ0n) is 16.3. The lowest BCUT2D eigenvalue weighted by Gasteiger charge is -2.02. The van der Waals surface area contributed by atoms with Gasteiger partial charge in [0.2, 0.25) is 10.8 Å². The summed E-state index contributed by atoms with van der Waals surface area (Å²) in [5, 5.41) is 9.11. The van der Waals surface area contributed by atoms with Crippen LogP contribution in [0.1, 0.15) is 12.1 Å². The maximum Gasteiger partial charge on any atom is 0.275 e. The number of aryl methyl sites for hydroxylation is 1. The molecule has 1 aliphatic rings. The van der Waals surface area contributed by atoms with E-state index in [2.05, 4.69) is 56.2 Å². The van der Waals surface area contributed by atoms with Crippen molar-refractivity contribution in [1.82, 2.24) is 14.8 Å². The van der Waals surface area contributed by atoms with Gasteiger partial charge in [0.1, 0.15) is 11.4 Å². The molecule has 5 aromatic rings. The van der Waals surface area contributed by atoms with Gasteiger partial charge in [0.15, 0.2) is 6.54 Å². The standard InChI is InChI=1S/C22H16BrN5S2.ClH/c23-14-9-7-13(8-10-14)17-12-29-21-19-16(5-3-11-27(17)21)26-28(20(19)24)22-25-15-4-1-2-6-18(15)30-22;/h1-2,4,6-10,12,24H,3,5,11H2;1H. The molecule has 0 saturated carbocycles. The first-order valence-electron chi connectivity index (χ1n) is 9.70. The molecule has 0 amide bonds. The minimum absolute atomic E-state index is 0. The molecule has 2 aromatic carbocycles. The van der Waals surface area contributed by atoms with Gasteiger partial charge in [0.25, 0.3) is 5.01 Å². The third-order valence-corrected chi connectivity index (χ3v) is 7.95. The zero-order chi connectivity index (χ0) is 20.2. The Morgan fingerprint density at radius 1 is 1.10 bits per heavy atom. The van der Waals surface area contributed by atoms with E-state index in [1.165, 1.54) is 16.3 Å². The Labute approximate surface area is 201 Å². The Kier molecular flexibility index (Phi) is 5.34. The van der Waals surface area contributed by atoms with Crippen molar-refractivity contribution in [2.75, 3.05) is 5.73 Å². The number of thiazole rings is 2. The van der Waals surface area contributed by atoms with Gasteiger partial charge < -0.3 is 18.1 Å². The molecule has 31 heavy (non-hydrogen) atoms. The van der Waals surface area contributed by atoms with Gasteiger partial charge in [-0.25, -0.2) is 4.98 Å². The van der Waals surface area contributed by atoms with Crippen LogP contribution in [-0.4, -0.2) is 14.8 Å². The number of nitrogens with two attached hydrogens (primary N) is 1. The molecule has 0 fully saturated rings. The van der Waals surface area contributed by atoms with Gasteiger partial charge in [-0.2, -0.15) is 14.3 Å². The fourth-order valence-electron chi connectivity index (χ4n) is 4.00. The summed E-state index contributed by atoms with van der Waals surface area (Å²) in [6.07, 6.45) is 1.94. The number of para-hydroxylation sites is 1. The van der Waals surface area contributed by atoms with E-state index in [1.807, 2.05) is 22.9 Å². The minimum Gasteiger partial charge on any atom is -1.00 e. The molecule has 1 aliphatic heterocycles. The largest absolute Gasteiger partial charge is 1.00 e. The number of benzene rings is 2. The Morgan fingerprint density at radius 2 is 1.90 bits per heavy atom. The molecule has 2 N–H and O–H groups in total. The van der Waals surface area contributed by atoms with E-state index in [1.54, 1.807) is 22.7 Å². The summed E-state index contributed by atoms with van der Waals surface area (Å²) in [6, 6.07) is 16.6. The fraction of sp³-hybridized carbons (Fsp3) is 0.136. The van der Waals surface area contributed by atoms with Gasteiger partial charge in [-0.15, -0.1) is 0 Å². The molecule has 4 heterocycles. The van der Waals surface area contributed by atoms with Crippen molar-refractivity contribution in [3.8, 4) is 27.0 Å². The Bertz CT molecular complexity index is 1370. The first kappa shape index (κ1) is 20.6. The summed E-state index contributed by atoms with van der Waals surface area (Å²) in [5.41, 5.74) is 12.2. The van der Waals surface area contributed by atoms with Gasteiger partial charge in [-0.1, -0.05) is 50.7 Å². The van der Waals surface area contributed by atoms with Gasteiger partial charge in [0.05, 0.1) is 21.3 Å². The van der Waals surface area contributed by atoms with Crippen molar-refractivity contribution < 1.29 is 17.0 Å². The topological polar surface area (TPSA) is 60.6 Å². The maximum atomic E-state index is 6.68. The molecule has 0 spiro atoms. The van der Waals surface area contributed by atoms with E-state index in [0.717, 1.165) is 50.5 Å². The molecule has 6 rings (SSSR count). The van der Waals surface area contributed by atoms with Gasteiger partial charge in [0, 0.05) is 16.5 Å². The number of fused-ring (bicyclic) bond motifs is 4. The molecule has 0 unspecified atom stereocenters. The monoisotopic (exact) mass is 529 g/mol. The molecule has 0 saturated heterocycles. The van der Waals surface area contributed by atoms with Crippen LogP contribution in [0.4, 0.5) is 5.82 Å². The number of nitrogens with zero attached hydrogens (tertiary/aromatic N) is 4. The molecule has 5 nitrogen and oxygen atoms in total. The lowest BCUT2D eigenvalue weighted by Crippen LogP contribution is -3.00. The highest BCUT2D eigenvalue weighted by Gasteiger charge is 2.33. The van der Waals surface area contributed by atoms with Gasteiger partial charge >= 0.3 is 0 Å². The predicted molar refractivity (Wildman–Crippen MR) is 126 cm³/mol. The molecule has 0 atom stereocenters. The van der Waals surface area contributed by atoms with Crippen LogP contribution in [-0.2, 0) is 13.0 Å². The van der Waals surface area contributed by atoms with Crippen LogP contribution >= 0.6 is 38.6 Å². The highest BCUT2D eigenvalue weighted by molar-refractivity contribution is 9.10. The zero-order valence-corrected chi connectivity index (χ0v) is 20.2. The fourth-order valence-corrected chi connectivity index (χ4v) is 6.34. The SMILES string of the molecule is Nc1c2c(nn1-c1nc3ccccc3s1)CCC[n+]1c(-c3ccc(Br)cc3)csc1-2.[Cl-]. The number of anilines is 1. The smallest absolute Gasteiger partial charge is 0.275 e. The summed E-state index contributed by atoms with van der Waals surface area (Å²) in [5.74, 6) is 0.670. The Morgan fingerprint density at radius 3 is 2.71 bits per heavy atom. The van der Waals surface area contributed by atoms with E-state index >= 15 is 0 Å². The third kappa shape index (κ3) is 3.38. The van der Waals surface area contributed by atoms with Crippen LogP contribution in [0.25, 0.3) is 37.2 Å². The number of hydrogen-bond acceptors (Lipinski definition) is 5. The normalized spacial score (nSPS) is 12.8. The van der Waals surface area contributed by atoms with Crippen LogP contribution < -0.4 is 22.7 Å². The van der Waals surface area contributed by atoms with E-state index < -0.39 is 0 Å². The maximum absolute atomic E-state index is 6.68. The number of halogens is 2. The average Bonchev–Trinajstić information content (AvgIpc) is 3.41. The van der Waals surface area contributed by atoms with Crippen molar-refractivity contribution in [3.05, 3.63) is 64.1 Å². The lowest BCUT2D eigenvalue weighted by atomic mass is 10.1. The second-order valence-corrected chi connectivity index (χ2v) is 10.1. The average molecular weight is 531 g/mol. The first-order chi connectivity index (χ1) is 14.7. The van der Waals surface area contributed by atoms with E-state index in [4.69, 9.17) is 15.8 Å². The van der Waals surface area contributed by atoms with Crippen molar-refractivity contribution in [2.24, 2.45) is 0 Å². The number of nitrogen functional groups attached to an aromatic ring is 1.